The number of Topliss-reactive ketones (excluding diaryl/α,β-unsaturated/α-hetero) is 1. The second-order valence-corrected chi connectivity index (χ2v) is 7.66. The first-order chi connectivity index (χ1) is 15.5. The number of hydrogen-bond acceptors (Lipinski definition) is 7. The van der Waals surface area contributed by atoms with Crippen molar-refractivity contribution in [1.29, 1.82) is 0 Å². The molecule has 1 aliphatic carbocycles. The summed E-state index contributed by atoms with van der Waals surface area (Å²) in [4.78, 5) is 26.2. The molecule has 2 aliphatic rings. The van der Waals surface area contributed by atoms with E-state index in [1.54, 1.807) is 18.2 Å². The number of hydrogen-bond donors (Lipinski definition) is 1. The molecule has 166 valence electrons. The summed E-state index contributed by atoms with van der Waals surface area (Å²) in [5, 5.41) is 0. The Morgan fingerprint density at radius 1 is 1.00 bits per heavy atom. The molecule has 0 fully saturated rings. The Bertz CT molecular complexity index is 1120. The lowest BCUT2D eigenvalue weighted by molar-refractivity contribution is -0.136. The van der Waals surface area contributed by atoms with E-state index in [0.29, 0.717) is 41.2 Å². The smallest absolute Gasteiger partial charge is 0.340 e. The molecule has 0 saturated heterocycles. The highest BCUT2D eigenvalue weighted by molar-refractivity contribution is 6.04. The Morgan fingerprint density at radius 3 is 2.41 bits per heavy atom. The predicted octanol–water partition coefficient (Wildman–Crippen LogP) is 3.56. The Labute approximate surface area is 186 Å². The van der Waals surface area contributed by atoms with Crippen LogP contribution in [-0.2, 0) is 19.1 Å². The lowest BCUT2D eigenvalue weighted by Gasteiger charge is -2.35. The average Bonchev–Trinajstić information content (AvgIpc) is 2.82. The van der Waals surface area contributed by atoms with Crippen LogP contribution in [0.4, 0.5) is 0 Å². The van der Waals surface area contributed by atoms with Crippen molar-refractivity contribution in [2.24, 2.45) is 5.73 Å². The summed E-state index contributed by atoms with van der Waals surface area (Å²) in [6.45, 7) is 0. The number of nitrogens with two attached hydrogens (primary N) is 1. The second-order valence-electron chi connectivity index (χ2n) is 7.66. The van der Waals surface area contributed by atoms with Crippen molar-refractivity contribution in [3.63, 3.8) is 0 Å². The number of rotatable bonds is 5. The topological polar surface area (TPSA) is 97.1 Å². The highest BCUT2D eigenvalue weighted by atomic mass is 16.5. The average molecular weight is 435 g/mol. The third-order valence-corrected chi connectivity index (χ3v) is 5.96. The molecule has 0 aromatic heterocycles. The molecule has 0 unspecified atom stereocenters. The van der Waals surface area contributed by atoms with Gasteiger partial charge in [-0.25, -0.2) is 4.79 Å². The molecule has 4 rings (SSSR count). The number of methoxy groups -OCH3 is 3. The predicted molar refractivity (Wildman–Crippen MR) is 117 cm³/mol. The van der Waals surface area contributed by atoms with Crippen LogP contribution in [0.15, 0.2) is 71.3 Å². The van der Waals surface area contributed by atoms with Crippen LogP contribution in [0.3, 0.4) is 0 Å². The molecule has 2 N–H and O–H groups in total. The van der Waals surface area contributed by atoms with E-state index in [4.69, 9.17) is 24.7 Å². The van der Waals surface area contributed by atoms with Crippen molar-refractivity contribution in [2.45, 2.75) is 24.7 Å². The summed E-state index contributed by atoms with van der Waals surface area (Å²) in [6.07, 6.45) is 0.784. The van der Waals surface area contributed by atoms with E-state index in [1.165, 1.54) is 21.3 Å². The van der Waals surface area contributed by atoms with Crippen molar-refractivity contribution in [1.82, 2.24) is 0 Å². The van der Waals surface area contributed by atoms with E-state index in [1.807, 2.05) is 30.3 Å². The van der Waals surface area contributed by atoms with E-state index in [0.717, 1.165) is 5.56 Å². The molecule has 0 radical (unpaired) electrons. The molecule has 1 heterocycles. The van der Waals surface area contributed by atoms with Crippen molar-refractivity contribution in [3.8, 4) is 11.5 Å². The molecule has 0 saturated carbocycles. The van der Waals surface area contributed by atoms with Gasteiger partial charge in [-0.2, -0.15) is 0 Å². The fourth-order valence-electron chi connectivity index (χ4n) is 4.53. The van der Waals surface area contributed by atoms with E-state index >= 15 is 0 Å². The zero-order valence-electron chi connectivity index (χ0n) is 18.2. The van der Waals surface area contributed by atoms with Gasteiger partial charge in [0.15, 0.2) is 17.3 Å². The normalized spacial score (nSPS) is 20.4. The molecule has 32 heavy (non-hydrogen) atoms. The number of allylic oxidation sites excluding steroid dienone is 2. The fourth-order valence-corrected chi connectivity index (χ4v) is 4.53. The van der Waals surface area contributed by atoms with Gasteiger partial charge in [-0.1, -0.05) is 42.5 Å². The molecule has 2 aromatic carbocycles. The van der Waals surface area contributed by atoms with Gasteiger partial charge >= 0.3 is 5.97 Å². The summed E-state index contributed by atoms with van der Waals surface area (Å²) in [7, 11) is 4.30. The van der Waals surface area contributed by atoms with Crippen LogP contribution >= 0.6 is 0 Å². The number of carbonyl (C=O) groups excluding carboxylic acids is 2. The maximum absolute atomic E-state index is 13.5. The van der Waals surface area contributed by atoms with E-state index in [2.05, 4.69) is 0 Å². The SMILES string of the molecule is COC(=O)C1=C(N)OC2=C(C(=O)C[C@H](c3ccccc3)C2)[C@@H]1c1cccc(OC)c1OC. The Morgan fingerprint density at radius 2 is 1.75 bits per heavy atom. The lowest BCUT2D eigenvalue weighted by atomic mass is 9.73. The second kappa shape index (κ2) is 8.78. The minimum Gasteiger partial charge on any atom is -0.493 e. The van der Waals surface area contributed by atoms with Gasteiger partial charge in [0.2, 0.25) is 5.88 Å². The van der Waals surface area contributed by atoms with E-state index in [-0.39, 0.29) is 23.2 Å². The molecular weight excluding hydrogens is 410 g/mol. The molecule has 7 heteroatoms. The number of ketones is 1. The summed E-state index contributed by atoms with van der Waals surface area (Å²) in [5.74, 6) is -0.316. The van der Waals surface area contributed by atoms with Crippen molar-refractivity contribution < 1.29 is 28.5 Å². The molecule has 2 aromatic rings. The standard InChI is InChI=1S/C25H25NO6/c1-29-18-11-7-10-16(23(18)30-2)20-21-17(27)12-15(14-8-5-4-6-9-14)13-19(21)32-24(26)22(20)25(28)31-3/h4-11,15,20H,12-13,26H2,1-3H3/t15-,20-/m0/s1. The number of carbonyl (C=O) groups is 2. The third kappa shape index (κ3) is 3.60. The maximum Gasteiger partial charge on any atom is 0.340 e. The minimum absolute atomic E-state index is 0.0391. The first-order valence-corrected chi connectivity index (χ1v) is 10.3. The monoisotopic (exact) mass is 435 g/mol. The zero-order chi connectivity index (χ0) is 22.8. The first-order valence-electron chi connectivity index (χ1n) is 10.3. The van der Waals surface area contributed by atoms with Crippen LogP contribution in [-0.4, -0.2) is 33.1 Å². The van der Waals surface area contributed by atoms with Gasteiger partial charge in [0.1, 0.15) is 11.3 Å². The van der Waals surface area contributed by atoms with Gasteiger partial charge in [-0.05, 0) is 17.5 Å². The van der Waals surface area contributed by atoms with Crippen LogP contribution in [0.1, 0.15) is 35.8 Å². The Balaban J connectivity index is 1.88. The molecule has 2 atom stereocenters. The number of ether oxygens (including phenoxy) is 4. The highest BCUT2D eigenvalue weighted by Crippen LogP contribution is 2.50. The summed E-state index contributed by atoms with van der Waals surface area (Å²) in [6, 6.07) is 15.1. The summed E-state index contributed by atoms with van der Waals surface area (Å²) < 4.78 is 21.9. The largest absolute Gasteiger partial charge is 0.493 e. The molecule has 0 spiro atoms. The first kappa shape index (κ1) is 21.5. The Hall–Kier alpha value is -3.74. The molecular formula is C25H25NO6. The summed E-state index contributed by atoms with van der Waals surface area (Å²) >= 11 is 0. The van der Waals surface area contributed by atoms with Gasteiger partial charge in [-0.3, -0.25) is 4.79 Å². The van der Waals surface area contributed by atoms with Gasteiger partial charge in [-0.15, -0.1) is 0 Å². The van der Waals surface area contributed by atoms with Crippen molar-refractivity contribution in [3.05, 3.63) is 82.4 Å². The molecule has 1 aliphatic heterocycles. The fraction of sp³-hybridized carbons (Fsp3) is 0.280. The van der Waals surface area contributed by atoms with Crippen LogP contribution in [0, 0.1) is 0 Å². The van der Waals surface area contributed by atoms with Gasteiger partial charge in [0, 0.05) is 24.0 Å². The van der Waals surface area contributed by atoms with Gasteiger partial charge in [0.25, 0.3) is 0 Å². The van der Waals surface area contributed by atoms with E-state index in [9.17, 15) is 9.59 Å². The Kier molecular flexibility index (Phi) is 5.90. The number of esters is 1. The molecule has 0 amide bonds. The van der Waals surface area contributed by atoms with Crippen LogP contribution in [0.25, 0.3) is 0 Å². The number of benzene rings is 2. The summed E-state index contributed by atoms with van der Waals surface area (Å²) in [5.41, 5.74) is 8.33. The van der Waals surface area contributed by atoms with Crippen LogP contribution in [0.2, 0.25) is 0 Å². The quantitative estimate of drug-likeness (QED) is 0.717. The minimum atomic E-state index is -0.791. The molecule has 7 nitrogen and oxygen atoms in total. The van der Waals surface area contributed by atoms with Crippen LogP contribution < -0.4 is 15.2 Å². The van der Waals surface area contributed by atoms with Gasteiger partial charge < -0.3 is 24.7 Å². The van der Waals surface area contributed by atoms with Crippen LogP contribution in [0.5, 0.6) is 11.5 Å². The van der Waals surface area contributed by atoms with Crippen molar-refractivity contribution >= 4 is 11.8 Å². The number of para-hydroxylation sites is 1. The van der Waals surface area contributed by atoms with Crippen molar-refractivity contribution in [2.75, 3.05) is 21.3 Å². The third-order valence-electron chi connectivity index (χ3n) is 5.96. The lowest BCUT2D eigenvalue weighted by Crippen LogP contribution is -2.33. The zero-order valence-corrected chi connectivity index (χ0v) is 18.2. The maximum atomic E-state index is 13.5. The van der Waals surface area contributed by atoms with E-state index < -0.39 is 11.9 Å². The highest BCUT2D eigenvalue weighted by Gasteiger charge is 2.44. The molecule has 0 bridgehead atoms. The van der Waals surface area contributed by atoms with Gasteiger partial charge in [0.05, 0.1) is 27.2 Å².